The Bertz CT molecular complexity index is 472. The van der Waals surface area contributed by atoms with E-state index in [9.17, 15) is 4.79 Å². The van der Waals surface area contributed by atoms with Gasteiger partial charge in [-0.3, -0.25) is 4.79 Å². The first-order chi connectivity index (χ1) is 9.15. The molecule has 0 aliphatic heterocycles. The van der Waals surface area contributed by atoms with Gasteiger partial charge in [0.25, 0.3) is 5.91 Å². The topological polar surface area (TPSA) is 47.6 Å². The molecule has 1 fully saturated rings. The molecule has 0 aromatic heterocycles. The number of carbonyl (C=O) groups excluding carboxylic acids is 1. The second-order valence-corrected chi connectivity index (χ2v) is 5.43. The highest BCUT2D eigenvalue weighted by Gasteiger charge is 2.22. The standard InChI is InChI=1S/C14H18BrNO3/c1-3-19-13-11(15)6-10(7-12(13)18-2)14(17)16-8-9-4-5-9/h6-7,9H,3-5,8H2,1-2H3,(H,16,17). The van der Waals surface area contributed by atoms with E-state index in [2.05, 4.69) is 21.2 Å². The third kappa shape index (κ3) is 3.62. The van der Waals surface area contributed by atoms with Crippen LogP contribution in [0.15, 0.2) is 16.6 Å². The van der Waals surface area contributed by atoms with Gasteiger partial charge in [0.15, 0.2) is 11.5 Å². The molecule has 0 spiro atoms. The quantitative estimate of drug-likeness (QED) is 0.873. The molecule has 0 saturated heterocycles. The lowest BCUT2D eigenvalue weighted by atomic mass is 10.2. The minimum atomic E-state index is -0.0750. The monoisotopic (exact) mass is 327 g/mol. The molecule has 1 aliphatic rings. The number of hydrogen-bond donors (Lipinski definition) is 1. The average Bonchev–Trinajstić information content (AvgIpc) is 3.22. The normalized spacial score (nSPS) is 14.1. The predicted molar refractivity (Wildman–Crippen MR) is 76.9 cm³/mol. The Morgan fingerprint density at radius 3 is 2.79 bits per heavy atom. The van der Waals surface area contributed by atoms with Crippen molar-refractivity contribution in [1.29, 1.82) is 0 Å². The van der Waals surface area contributed by atoms with Crippen LogP contribution in [0.5, 0.6) is 11.5 Å². The summed E-state index contributed by atoms with van der Waals surface area (Å²) in [6.45, 7) is 3.20. The Balaban J connectivity index is 2.15. The van der Waals surface area contributed by atoms with E-state index in [0.717, 1.165) is 11.0 Å². The largest absolute Gasteiger partial charge is 0.493 e. The lowest BCUT2D eigenvalue weighted by molar-refractivity contribution is 0.0951. The first-order valence-corrected chi connectivity index (χ1v) is 7.23. The fourth-order valence-electron chi connectivity index (χ4n) is 1.80. The van der Waals surface area contributed by atoms with E-state index < -0.39 is 0 Å². The molecule has 2 rings (SSSR count). The minimum Gasteiger partial charge on any atom is -0.493 e. The van der Waals surface area contributed by atoms with Gasteiger partial charge in [0, 0.05) is 12.1 Å². The summed E-state index contributed by atoms with van der Waals surface area (Å²) < 4.78 is 11.5. The Morgan fingerprint density at radius 1 is 1.47 bits per heavy atom. The molecule has 0 radical (unpaired) electrons. The molecule has 0 atom stereocenters. The number of carbonyl (C=O) groups is 1. The van der Waals surface area contributed by atoms with Crippen LogP contribution >= 0.6 is 15.9 Å². The van der Waals surface area contributed by atoms with Crippen molar-refractivity contribution in [3.63, 3.8) is 0 Å². The van der Waals surface area contributed by atoms with E-state index >= 15 is 0 Å². The number of methoxy groups -OCH3 is 1. The van der Waals surface area contributed by atoms with Crippen LogP contribution in [0.4, 0.5) is 0 Å². The van der Waals surface area contributed by atoms with Gasteiger partial charge in [-0.05, 0) is 53.7 Å². The summed E-state index contributed by atoms with van der Waals surface area (Å²) in [4.78, 5) is 12.0. The van der Waals surface area contributed by atoms with Crippen molar-refractivity contribution in [3.8, 4) is 11.5 Å². The fraction of sp³-hybridized carbons (Fsp3) is 0.500. The predicted octanol–water partition coefficient (Wildman–Crippen LogP) is 3.00. The van der Waals surface area contributed by atoms with Crippen molar-refractivity contribution in [2.24, 2.45) is 5.92 Å². The van der Waals surface area contributed by atoms with Crippen LogP contribution in [0.3, 0.4) is 0 Å². The fourth-order valence-corrected chi connectivity index (χ4v) is 2.35. The van der Waals surface area contributed by atoms with E-state index in [4.69, 9.17) is 9.47 Å². The third-order valence-corrected chi connectivity index (χ3v) is 3.62. The van der Waals surface area contributed by atoms with Crippen molar-refractivity contribution >= 4 is 21.8 Å². The van der Waals surface area contributed by atoms with E-state index in [1.807, 2.05) is 6.92 Å². The number of ether oxygens (including phenoxy) is 2. The molecule has 1 amide bonds. The van der Waals surface area contributed by atoms with Crippen molar-refractivity contribution < 1.29 is 14.3 Å². The maximum atomic E-state index is 12.0. The van der Waals surface area contributed by atoms with Gasteiger partial charge in [0.2, 0.25) is 0 Å². The molecule has 1 aromatic carbocycles. The number of rotatable bonds is 6. The molecule has 0 unspecified atom stereocenters. The van der Waals surface area contributed by atoms with Gasteiger partial charge in [-0.15, -0.1) is 0 Å². The highest BCUT2D eigenvalue weighted by atomic mass is 79.9. The first-order valence-electron chi connectivity index (χ1n) is 6.44. The number of benzene rings is 1. The van der Waals surface area contributed by atoms with E-state index in [1.54, 1.807) is 19.2 Å². The van der Waals surface area contributed by atoms with E-state index in [1.165, 1.54) is 12.8 Å². The third-order valence-electron chi connectivity index (χ3n) is 3.03. The zero-order valence-corrected chi connectivity index (χ0v) is 12.7. The molecule has 0 heterocycles. The van der Waals surface area contributed by atoms with Crippen LogP contribution in [-0.2, 0) is 0 Å². The SMILES string of the molecule is CCOc1c(Br)cc(C(=O)NCC2CC2)cc1OC. The Hall–Kier alpha value is -1.23. The second-order valence-electron chi connectivity index (χ2n) is 4.58. The molecule has 0 bridgehead atoms. The van der Waals surface area contributed by atoms with Crippen molar-refractivity contribution in [2.75, 3.05) is 20.3 Å². The lowest BCUT2D eigenvalue weighted by Crippen LogP contribution is -2.25. The zero-order chi connectivity index (χ0) is 13.8. The summed E-state index contributed by atoms with van der Waals surface area (Å²) in [5.74, 6) is 1.78. The number of halogens is 1. The van der Waals surface area contributed by atoms with Crippen LogP contribution in [-0.4, -0.2) is 26.2 Å². The van der Waals surface area contributed by atoms with Crippen molar-refractivity contribution in [2.45, 2.75) is 19.8 Å². The first kappa shape index (κ1) is 14.2. The van der Waals surface area contributed by atoms with Gasteiger partial charge in [0.1, 0.15) is 0 Å². The Labute approximate surface area is 121 Å². The highest BCUT2D eigenvalue weighted by Crippen LogP contribution is 2.36. The van der Waals surface area contributed by atoms with Crippen LogP contribution in [0, 0.1) is 5.92 Å². The molecule has 4 nitrogen and oxygen atoms in total. The van der Waals surface area contributed by atoms with Crippen molar-refractivity contribution in [3.05, 3.63) is 22.2 Å². The molecule has 1 N–H and O–H groups in total. The molecule has 1 aromatic rings. The maximum Gasteiger partial charge on any atom is 0.251 e. The summed E-state index contributed by atoms with van der Waals surface area (Å²) >= 11 is 3.42. The smallest absolute Gasteiger partial charge is 0.251 e. The Morgan fingerprint density at radius 2 is 2.21 bits per heavy atom. The van der Waals surface area contributed by atoms with Crippen molar-refractivity contribution in [1.82, 2.24) is 5.32 Å². The average molecular weight is 328 g/mol. The molecule has 19 heavy (non-hydrogen) atoms. The molecule has 1 saturated carbocycles. The van der Waals surface area contributed by atoms with Gasteiger partial charge in [-0.25, -0.2) is 0 Å². The minimum absolute atomic E-state index is 0.0750. The highest BCUT2D eigenvalue weighted by molar-refractivity contribution is 9.10. The van der Waals surface area contributed by atoms with Gasteiger partial charge >= 0.3 is 0 Å². The van der Waals surface area contributed by atoms with Gasteiger partial charge in [-0.1, -0.05) is 0 Å². The second kappa shape index (κ2) is 6.28. The van der Waals surface area contributed by atoms with Gasteiger partial charge in [-0.2, -0.15) is 0 Å². The van der Waals surface area contributed by atoms with Crippen LogP contribution in [0.1, 0.15) is 30.1 Å². The lowest BCUT2D eigenvalue weighted by Gasteiger charge is -2.13. The van der Waals surface area contributed by atoms with Crippen LogP contribution in [0.25, 0.3) is 0 Å². The summed E-state index contributed by atoms with van der Waals surface area (Å²) in [5, 5.41) is 2.93. The summed E-state index contributed by atoms with van der Waals surface area (Å²) in [6.07, 6.45) is 2.44. The summed E-state index contributed by atoms with van der Waals surface area (Å²) in [7, 11) is 1.57. The van der Waals surface area contributed by atoms with E-state index in [0.29, 0.717) is 29.6 Å². The molecule has 1 aliphatic carbocycles. The summed E-state index contributed by atoms with van der Waals surface area (Å²) in [6, 6.07) is 3.47. The molecule has 5 heteroatoms. The number of hydrogen-bond acceptors (Lipinski definition) is 3. The van der Waals surface area contributed by atoms with E-state index in [-0.39, 0.29) is 5.91 Å². The van der Waals surface area contributed by atoms with Gasteiger partial charge < -0.3 is 14.8 Å². The van der Waals surface area contributed by atoms with Crippen LogP contribution < -0.4 is 14.8 Å². The zero-order valence-electron chi connectivity index (χ0n) is 11.2. The van der Waals surface area contributed by atoms with Crippen LogP contribution in [0.2, 0.25) is 0 Å². The number of nitrogens with one attached hydrogen (secondary N) is 1. The molecular weight excluding hydrogens is 310 g/mol. The molecule has 104 valence electrons. The Kier molecular flexibility index (Phi) is 4.69. The summed E-state index contributed by atoms with van der Waals surface area (Å²) in [5.41, 5.74) is 0.577. The van der Waals surface area contributed by atoms with Gasteiger partial charge in [0.05, 0.1) is 18.2 Å². The maximum absolute atomic E-state index is 12.0. The number of amides is 1. The molecular formula is C14H18BrNO3.